The number of hydrogen-bond acceptors (Lipinski definition) is 2. The third-order valence-electron chi connectivity index (χ3n) is 3.69. The second-order valence-electron chi connectivity index (χ2n) is 5.54. The first-order valence-corrected chi connectivity index (χ1v) is 7.62. The van der Waals surface area contributed by atoms with Crippen molar-refractivity contribution in [3.05, 3.63) is 52.6 Å². The van der Waals surface area contributed by atoms with Crippen LogP contribution in [0.3, 0.4) is 0 Å². The van der Waals surface area contributed by atoms with E-state index in [0.29, 0.717) is 6.54 Å². The Morgan fingerprint density at radius 1 is 1.19 bits per heavy atom. The second kappa shape index (κ2) is 6.85. The van der Waals surface area contributed by atoms with Gasteiger partial charge in [0.2, 0.25) is 0 Å². The summed E-state index contributed by atoms with van der Waals surface area (Å²) in [5, 5.41) is 4.74. The second-order valence-corrected chi connectivity index (χ2v) is 5.54. The first kappa shape index (κ1) is 15.7. The Hall–Kier alpha value is -1.68. The van der Waals surface area contributed by atoms with Gasteiger partial charge in [0.15, 0.2) is 0 Å². The van der Waals surface area contributed by atoms with Crippen LogP contribution >= 0.6 is 0 Å². The fourth-order valence-corrected chi connectivity index (χ4v) is 2.72. The number of nitrogens with zero attached hydrogens (tertiary/aromatic N) is 2. The van der Waals surface area contributed by atoms with Crippen molar-refractivity contribution < 1.29 is 4.39 Å². The number of halogens is 1. The van der Waals surface area contributed by atoms with E-state index < -0.39 is 0 Å². The zero-order valence-electron chi connectivity index (χ0n) is 13.1. The van der Waals surface area contributed by atoms with Gasteiger partial charge in [0.25, 0.3) is 0 Å². The minimum absolute atomic E-state index is 0.129. The van der Waals surface area contributed by atoms with Crippen LogP contribution in [0.2, 0.25) is 0 Å². The molecule has 0 aliphatic rings. The zero-order valence-corrected chi connectivity index (χ0v) is 13.1. The fraction of sp³-hybridized carbons (Fsp3) is 0.471. The lowest BCUT2D eigenvalue weighted by atomic mass is 10.0. The van der Waals surface area contributed by atoms with E-state index in [1.165, 1.54) is 23.4 Å². The van der Waals surface area contributed by atoms with Gasteiger partial charge in [0.1, 0.15) is 5.82 Å². The molecule has 1 unspecified atom stereocenters. The lowest BCUT2D eigenvalue weighted by molar-refractivity contribution is 0.618. The SMILES string of the molecule is CCc1nn(Cc2ccc(F)cc2)c(CC)c1CC(C)N. The summed E-state index contributed by atoms with van der Waals surface area (Å²) in [4.78, 5) is 0. The summed E-state index contributed by atoms with van der Waals surface area (Å²) in [6.45, 7) is 6.96. The molecule has 0 saturated carbocycles. The van der Waals surface area contributed by atoms with E-state index in [1.54, 1.807) is 0 Å². The first-order chi connectivity index (χ1) is 10.0. The summed E-state index contributed by atoms with van der Waals surface area (Å²) in [6.07, 6.45) is 2.69. The van der Waals surface area contributed by atoms with Crippen LogP contribution in [0.5, 0.6) is 0 Å². The molecule has 0 saturated heterocycles. The van der Waals surface area contributed by atoms with Crippen molar-refractivity contribution in [3.8, 4) is 0 Å². The quantitative estimate of drug-likeness (QED) is 0.888. The highest BCUT2D eigenvalue weighted by molar-refractivity contribution is 5.29. The molecule has 0 fully saturated rings. The number of aromatic nitrogens is 2. The summed E-state index contributed by atoms with van der Waals surface area (Å²) in [6, 6.07) is 6.74. The van der Waals surface area contributed by atoms with Crippen LogP contribution in [0.15, 0.2) is 24.3 Å². The van der Waals surface area contributed by atoms with E-state index in [4.69, 9.17) is 10.8 Å². The summed E-state index contributed by atoms with van der Waals surface area (Å²) in [7, 11) is 0. The molecule has 0 bridgehead atoms. The standard InChI is InChI=1S/C17H24FN3/c1-4-16-15(10-12(3)19)17(5-2)21(20-16)11-13-6-8-14(18)9-7-13/h6-9,12H,4-5,10-11,19H2,1-3H3. The Balaban J connectivity index is 2.34. The smallest absolute Gasteiger partial charge is 0.123 e. The number of benzene rings is 1. The van der Waals surface area contributed by atoms with Gasteiger partial charge in [0.05, 0.1) is 12.2 Å². The third-order valence-corrected chi connectivity index (χ3v) is 3.69. The molecule has 2 rings (SSSR count). The van der Waals surface area contributed by atoms with Gasteiger partial charge < -0.3 is 5.73 Å². The van der Waals surface area contributed by atoms with E-state index in [1.807, 2.05) is 23.7 Å². The van der Waals surface area contributed by atoms with Crippen LogP contribution in [0.4, 0.5) is 4.39 Å². The molecule has 0 spiro atoms. The van der Waals surface area contributed by atoms with Crippen LogP contribution < -0.4 is 5.73 Å². The third kappa shape index (κ3) is 3.70. The van der Waals surface area contributed by atoms with Gasteiger partial charge in [-0.15, -0.1) is 0 Å². The maximum atomic E-state index is 13.0. The first-order valence-electron chi connectivity index (χ1n) is 7.62. The molecule has 3 nitrogen and oxygen atoms in total. The zero-order chi connectivity index (χ0) is 15.4. The molecule has 4 heteroatoms. The van der Waals surface area contributed by atoms with E-state index in [9.17, 15) is 4.39 Å². The van der Waals surface area contributed by atoms with Crippen molar-refractivity contribution in [3.63, 3.8) is 0 Å². The summed E-state index contributed by atoms with van der Waals surface area (Å²) >= 11 is 0. The summed E-state index contributed by atoms with van der Waals surface area (Å²) < 4.78 is 15.0. The summed E-state index contributed by atoms with van der Waals surface area (Å²) in [5.41, 5.74) is 10.7. The Morgan fingerprint density at radius 3 is 2.38 bits per heavy atom. The van der Waals surface area contributed by atoms with E-state index in [0.717, 1.165) is 30.5 Å². The minimum Gasteiger partial charge on any atom is -0.328 e. The molecule has 1 atom stereocenters. The van der Waals surface area contributed by atoms with Crippen LogP contribution in [0.1, 0.15) is 43.3 Å². The predicted molar refractivity (Wildman–Crippen MR) is 83.8 cm³/mol. The number of aryl methyl sites for hydroxylation is 1. The molecule has 1 aromatic carbocycles. The maximum Gasteiger partial charge on any atom is 0.123 e. The molecule has 21 heavy (non-hydrogen) atoms. The number of nitrogens with two attached hydrogens (primary N) is 1. The number of rotatable bonds is 6. The van der Waals surface area contributed by atoms with Crippen LogP contribution in [0.25, 0.3) is 0 Å². The normalized spacial score (nSPS) is 12.6. The van der Waals surface area contributed by atoms with Crippen molar-refractivity contribution in [2.75, 3.05) is 0 Å². The van der Waals surface area contributed by atoms with Gasteiger partial charge >= 0.3 is 0 Å². The average molecular weight is 289 g/mol. The predicted octanol–water partition coefficient (Wildman–Crippen LogP) is 3.09. The molecular formula is C17H24FN3. The van der Waals surface area contributed by atoms with Crippen LogP contribution in [-0.2, 0) is 25.8 Å². The van der Waals surface area contributed by atoms with Crippen LogP contribution in [-0.4, -0.2) is 15.8 Å². The fourth-order valence-electron chi connectivity index (χ4n) is 2.72. The Labute approximate surface area is 126 Å². The number of hydrogen-bond donors (Lipinski definition) is 1. The Morgan fingerprint density at radius 2 is 1.86 bits per heavy atom. The molecule has 1 heterocycles. The highest BCUT2D eigenvalue weighted by Gasteiger charge is 2.16. The minimum atomic E-state index is -0.207. The molecule has 114 valence electrons. The van der Waals surface area contributed by atoms with Gasteiger partial charge in [-0.1, -0.05) is 26.0 Å². The molecule has 0 radical (unpaired) electrons. The van der Waals surface area contributed by atoms with E-state index >= 15 is 0 Å². The largest absolute Gasteiger partial charge is 0.328 e. The van der Waals surface area contributed by atoms with Crippen molar-refractivity contribution in [1.29, 1.82) is 0 Å². The van der Waals surface area contributed by atoms with Gasteiger partial charge in [-0.05, 0) is 49.4 Å². The van der Waals surface area contributed by atoms with E-state index in [2.05, 4.69) is 13.8 Å². The summed E-state index contributed by atoms with van der Waals surface area (Å²) in [5.74, 6) is -0.207. The molecular weight excluding hydrogens is 265 g/mol. The van der Waals surface area contributed by atoms with Gasteiger partial charge in [-0.2, -0.15) is 5.10 Å². The lowest BCUT2D eigenvalue weighted by Gasteiger charge is -2.10. The monoisotopic (exact) mass is 289 g/mol. The molecule has 0 aliphatic heterocycles. The van der Waals surface area contributed by atoms with Crippen molar-refractivity contribution >= 4 is 0 Å². The van der Waals surface area contributed by atoms with Gasteiger partial charge in [-0.25, -0.2) is 4.39 Å². The highest BCUT2D eigenvalue weighted by atomic mass is 19.1. The average Bonchev–Trinajstić information content (AvgIpc) is 2.77. The lowest BCUT2D eigenvalue weighted by Crippen LogP contribution is -2.19. The molecule has 2 N–H and O–H groups in total. The Kier molecular flexibility index (Phi) is 5.12. The highest BCUT2D eigenvalue weighted by Crippen LogP contribution is 2.19. The molecule has 0 amide bonds. The molecule has 1 aromatic heterocycles. The molecule has 0 aliphatic carbocycles. The van der Waals surface area contributed by atoms with Crippen molar-refractivity contribution in [2.24, 2.45) is 5.73 Å². The maximum absolute atomic E-state index is 13.0. The van der Waals surface area contributed by atoms with Crippen molar-refractivity contribution in [2.45, 2.75) is 52.6 Å². The van der Waals surface area contributed by atoms with E-state index in [-0.39, 0.29) is 11.9 Å². The van der Waals surface area contributed by atoms with Crippen molar-refractivity contribution in [1.82, 2.24) is 9.78 Å². The van der Waals surface area contributed by atoms with Gasteiger partial charge in [0, 0.05) is 11.7 Å². The Bertz CT molecular complexity index is 585. The molecule has 2 aromatic rings. The van der Waals surface area contributed by atoms with Crippen LogP contribution in [0, 0.1) is 5.82 Å². The van der Waals surface area contributed by atoms with Gasteiger partial charge in [-0.3, -0.25) is 4.68 Å². The topological polar surface area (TPSA) is 43.8 Å².